The quantitative estimate of drug-likeness (QED) is 0.473. The minimum absolute atomic E-state index is 0.0423. The summed E-state index contributed by atoms with van der Waals surface area (Å²) in [6, 6.07) is 18.9. The van der Waals surface area contributed by atoms with Gasteiger partial charge in [-0.1, -0.05) is 60.0 Å². The molecular formula is C28H24ClF3N2O2. The van der Waals surface area contributed by atoms with Gasteiger partial charge in [-0.2, -0.15) is 13.2 Å². The molecule has 0 bridgehead atoms. The first-order chi connectivity index (χ1) is 17.1. The Morgan fingerprint density at radius 2 is 1.72 bits per heavy atom. The van der Waals surface area contributed by atoms with Crippen LogP contribution in [0.3, 0.4) is 0 Å². The number of hydrogen-bond donors (Lipinski definition) is 2. The van der Waals surface area contributed by atoms with Crippen molar-refractivity contribution in [2.75, 3.05) is 19.6 Å². The highest BCUT2D eigenvalue weighted by Gasteiger charge is 2.59. The maximum absolute atomic E-state index is 13.0. The summed E-state index contributed by atoms with van der Waals surface area (Å²) in [4.78, 5) is 6.08. The molecule has 1 saturated heterocycles. The zero-order chi connectivity index (χ0) is 25.8. The van der Waals surface area contributed by atoms with E-state index in [4.69, 9.17) is 11.6 Å². The normalized spacial score (nSPS) is 20.8. The van der Waals surface area contributed by atoms with Crippen LogP contribution >= 0.6 is 11.6 Å². The highest BCUT2D eigenvalue weighted by molar-refractivity contribution is 6.30. The summed E-state index contributed by atoms with van der Waals surface area (Å²) >= 11 is 5.93. The van der Waals surface area contributed by atoms with Crippen LogP contribution < -0.4 is 0 Å². The third-order valence-electron chi connectivity index (χ3n) is 6.14. The van der Waals surface area contributed by atoms with Crippen molar-refractivity contribution < 1.29 is 23.4 Å². The molecule has 1 aliphatic rings. The van der Waals surface area contributed by atoms with E-state index in [0.29, 0.717) is 17.3 Å². The minimum Gasteiger partial charge on any atom is -0.388 e. The average Bonchev–Trinajstić information content (AvgIpc) is 2.86. The lowest BCUT2D eigenvalue weighted by Gasteiger charge is -2.42. The van der Waals surface area contributed by atoms with Gasteiger partial charge < -0.3 is 10.2 Å². The van der Waals surface area contributed by atoms with E-state index in [9.17, 15) is 23.4 Å². The van der Waals surface area contributed by atoms with Crippen LogP contribution in [-0.4, -0.2) is 57.6 Å². The average molecular weight is 513 g/mol. The van der Waals surface area contributed by atoms with Gasteiger partial charge in [-0.25, -0.2) is 4.98 Å². The summed E-state index contributed by atoms with van der Waals surface area (Å²) in [5.41, 5.74) is 1.34. The summed E-state index contributed by atoms with van der Waals surface area (Å²) in [6.07, 6.45) is -1.84. The molecule has 0 amide bonds. The Morgan fingerprint density at radius 1 is 1.03 bits per heavy atom. The van der Waals surface area contributed by atoms with E-state index < -0.39 is 24.3 Å². The summed E-state index contributed by atoms with van der Waals surface area (Å²) in [5, 5.41) is 20.3. The van der Waals surface area contributed by atoms with Crippen LogP contribution in [0.1, 0.15) is 23.2 Å². The molecule has 1 aromatic heterocycles. The number of alkyl halides is 3. The fourth-order valence-corrected chi connectivity index (χ4v) is 4.04. The van der Waals surface area contributed by atoms with Gasteiger partial charge in [-0.15, -0.1) is 0 Å². The zero-order valence-electron chi connectivity index (χ0n) is 19.2. The van der Waals surface area contributed by atoms with Gasteiger partial charge in [0.25, 0.3) is 0 Å². The minimum atomic E-state index is -4.85. The molecule has 2 N–H and O–H groups in total. The monoisotopic (exact) mass is 512 g/mol. The number of halogens is 4. The van der Waals surface area contributed by atoms with E-state index in [1.165, 1.54) is 0 Å². The number of aliphatic hydroxyl groups excluding tert-OH is 1. The van der Waals surface area contributed by atoms with Crippen LogP contribution in [0.25, 0.3) is 17.2 Å². The van der Waals surface area contributed by atoms with Crippen LogP contribution in [0, 0.1) is 11.8 Å². The van der Waals surface area contributed by atoms with Crippen molar-refractivity contribution >= 4 is 17.7 Å². The van der Waals surface area contributed by atoms with Gasteiger partial charge in [0.1, 0.15) is 11.8 Å². The van der Waals surface area contributed by atoms with E-state index >= 15 is 0 Å². The number of benzene rings is 2. The van der Waals surface area contributed by atoms with E-state index in [1.807, 2.05) is 72.8 Å². The predicted molar refractivity (Wildman–Crippen MR) is 134 cm³/mol. The molecule has 2 heterocycles. The Bertz CT molecular complexity index is 1260. The molecule has 8 heteroatoms. The maximum Gasteiger partial charge on any atom is 0.419 e. The Labute approximate surface area is 212 Å². The third kappa shape index (κ3) is 6.15. The lowest BCUT2D eigenvalue weighted by atomic mass is 9.88. The van der Waals surface area contributed by atoms with Crippen molar-refractivity contribution in [3.05, 3.63) is 94.8 Å². The second-order valence-corrected chi connectivity index (χ2v) is 9.10. The van der Waals surface area contributed by atoms with Crippen LogP contribution in [0.2, 0.25) is 5.02 Å². The van der Waals surface area contributed by atoms with Gasteiger partial charge in [0.2, 0.25) is 0 Å². The molecule has 0 spiro atoms. The van der Waals surface area contributed by atoms with Crippen molar-refractivity contribution in [1.82, 2.24) is 9.88 Å². The number of rotatable bonds is 4. The third-order valence-corrected chi connectivity index (χ3v) is 6.39. The molecule has 0 radical (unpaired) electrons. The molecule has 4 nitrogen and oxygen atoms in total. The zero-order valence-corrected chi connectivity index (χ0v) is 20.0. The molecule has 2 atom stereocenters. The van der Waals surface area contributed by atoms with E-state index in [0.717, 1.165) is 22.3 Å². The van der Waals surface area contributed by atoms with Crippen molar-refractivity contribution in [3.63, 3.8) is 0 Å². The summed E-state index contributed by atoms with van der Waals surface area (Å²) in [5.74, 6) is 6.13. The van der Waals surface area contributed by atoms with Crippen molar-refractivity contribution in [2.45, 2.75) is 24.3 Å². The first kappa shape index (κ1) is 25.9. The number of piperidine rings is 1. The van der Waals surface area contributed by atoms with Crippen LogP contribution in [-0.2, 0) is 0 Å². The molecule has 1 fully saturated rings. The predicted octanol–water partition coefficient (Wildman–Crippen LogP) is 5.18. The fraction of sp³-hybridized carbons (Fsp3) is 0.250. The lowest BCUT2D eigenvalue weighted by Crippen LogP contribution is -2.62. The summed E-state index contributed by atoms with van der Waals surface area (Å²) < 4.78 is 39.0. The largest absolute Gasteiger partial charge is 0.419 e. The summed E-state index contributed by atoms with van der Waals surface area (Å²) in [6.45, 7) is 0.161. The van der Waals surface area contributed by atoms with Crippen molar-refractivity contribution in [3.8, 4) is 23.0 Å². The topological polar surface area (TPSA) is 56.6 Å². The van der Waals surface area contributed by atoms with E-state index in [1.54, 1.807) is 11.1 Å². The number of likely N-dealkylation sites (tertiary alicyclic amines) is 1. The molecule has 3 aromatic rings. The van der Waals surface area contributed by atoms with Gasteiger partial charge in [-0.05, 0) is 47.4 Å². The fourth-order valence-electron chi connectivity index (χ4n) is 3.91. The van der Waals surface area contributed by atoms with Gasteiger partial charge in [0.15, 0.2) is 5.60 Å². The Balaban J connectivity index is 1.30. The van der Waals surface area contributed by atoms with Crippen LogP contribution in [0.4, 0.5) is 13.2 Å². The first-order valence-electron chi connectivity index (χ1n) is 11.3. The van der Waals surface area contributed by atoms with Crippen molar-refractivity contribution in [1.29, 1.82) is 0 Å². The molecular weight excluding hydrogens is 489 g/mol. The SMILES string of the molecule is O[C@H]1CN(C/C=C/c2ccc(C#Cc3ccc(-c4ccc(Cl)cc4)cn3)cc2)CC[C@]1(O)C(F)(F)F. The number of pyridine rings is 1. The first-order valence-corrected chi connectivity index (χ1v) is 11.7. The Morgan fingerprint density at radius 3 is 2.33 bits per heavy atom. The highest BCUT2D eigenvalue weighted by Crippen LogP contribution is 2.38. The second kappa shape index (κ2) is 10.9. The number of aliphatic hydroxyl groups is 2. The molecule has 36 heavy (non-hydrogen) atoms. The molecule has 0 unspecified atom stereocenters. The van der Waals surface area contributed by atoms with Crippen molar-refractivity contribution in [2.24, 2.45) is 0 Å². The standard InChI is InChI=1S/C28H24ClF3N2O2/c29-24-11-8-22(9-12-24)23-10-14-25(33-18-23)13-7-21-5-3-20(4-6-21)2-1-16-34-17-15-27(36,26(35)19-34)28(30,31)32/h1-6,8-12,14,18,26,35-36H,15-17,19H2/b2-1+/t26-,27+/m0/s1. The Hall–Kier alpha value is -3.15. The molecule has 0 saturated carbocycles. The van der Waals surface area contributed by atoms with Gasteiger partial charge in [0, 0.05) is 48.4 Å². The second-order valence-electron chi connectivity index (χ2n) is 8.66. The lowest BCUT2D eigenvalue weighted by molar-refractivity contribution is -0.302. The molecule has 0 aliphatic carbocycles. The number of β-amino-alcohol motifs (C(OH)–C–C–N with tert-alkyl or cyclic N) is 1. The Kier molecular flexibility index (Phi) is 7.82. The van der Waals surface area contributed by atoms with Gasteiger partial charge in [0.05, 0.1) is 0 Å². The summed E-state index contributed by atoms with van der Waals surface area (Å²) in [7, 11) is 0. The maximum atomic E-state index is 13.0. The van der Waals surface area contributed by atoms with E-state index in [2.05, 4.69) is 16.8 Å². The van der Waals surface area contributed by atoms with Crippen LogP contribution in [0.5, 0.6) is 0 Å². The molecule has 1 aliphatic heterocycles. The van der Waals surface area contributed by atoms with Gasteiger partial charge in [-0.3, -0.25) is 4.90 Å². The molecule has 2 aromatic carbocycles. The highest BCUT2D eigenvalue weighted by atomic mass is 35.5. The van der Waals surface area contributed by atoms with Crippen LogP contribution in [0.15, 0.2) is 72.9 Å². The van der Waals surface area contributed by atoms with E-state index in [-0.39, 0.29) is 13.1 Å². The number of nitrogens with zero attached hydrogens (tertiary/aromatic N) is 2. The molecule has 4 rings (SSSR count). The van der Waals surface area contributed by atoms with Gasteiger partial charge >= 0.3 is 6.18 Å². The number of aromatic nitrogens is 1. The molecule has 186 valence electrons. The smallest absolute Gasteiger partial charge is 0.388 e. The number of hydrogen-bond acceptors (Lipinski definition) is 4.